The highest BCUT2D eigenvalue weighted by molar-refractivity contribution is 7.13. The molecule has 0 fully saturated rings. The predicted octanol–water partition coefficient (Wildman–Crippen LogP) is 3.76. The standard InChI is InChI=1S/C21H19N3O3S/c1-14-7-8-16-17(11-14)20(27-13-18(25)23-21-22-9-10-28-21)24(19(16)26)12-15-5-3-2-4-6-15/h2-11,20H,12-13H2,1H3,(H,22,23,25). The molecular weight excluding hydrogens is 374 g/mol. The molecule has 1 atom stereocenters. The summed E-state index contributed by atoms with van der Waals surface area (Å²) in [5, 5.41) is 5.00. The number of aryl methyl sites for hydroxylation is 1. The molecule has 0 radical (unpaired) electrons. The van der Waals surface area contributed by atoms with Crippen molar-refractivity contribution in [2.45, 2.75) is 19.7 Å². The van der Waals surface area contributed by atoms with Crippen LogP contribution < -0.4 is 5.32 Å². The molecule has 2 aromatic carbocycles. The van der Waals surface area contributed by atoms with Gasteiger partial charge in [0.2, 0.25) is 0 Å². The van der Waals surface area contributed by atoms with Crippen LogP contribution in [0.3, 0.4) is 0 Å². The quantitative estimate of drug-likeness (QED) is 0.692. The fourth-order valence-electron chi connectivity index (χ4n) is 3.22. The number of carbonyl (C=O) groups excluding carboxylic acids is 2. The Morgan fingerprint density at radius 2 is 2.07 bits per heavy atom. The number of rotatable bonds is 6. The molecule has 3 aromatic rings. The van der Waals surface area contributed by atoms with Crippen LogP contribution in [0.2, 0.25) is 0 Å². The molecule has 7 heteroatoms. The summed E-state index contributed by atoms with van der Waals surface area (Å²) >= 11 is 1.34. The van der Waals surface area contributed by atoms with Gasteiger partial charge in [-0.2, -0.15) is 0 Å². The molecule has 4 rings (SSSR count). The summed E-state index contributed by atoms with van der Waals surface area (Å²) in [5.41, 5.74) is 3.45. The lowest BCUT2D eigenvalue weighted by atomic mass is 10.1. The van der Waals surface area contributed by atoms with Gasteiger partial charge in [-0.15, -0.1) is 11.3 Å². The highest BCUT2D eigenvalue weighted by Crippen LogP contribution is 2.36. The number of hydrogen-bond donors (Lipinski definition) is 1. The van der Waals surface area contributed by atoms with Gasteiger partial charge in [0.05, 0.1) is 0 Å². The van der Waals surface area contributed by atoms with Crippen LogP contribution in [0.5, 0.6) is 0 Å². The number of benzene rings is 2. The van der Waals surface area contributed by atoms with Gasteiger partial charge < -0.3 is 9.64 Å². The summed E-state index contributed by atoms with van der Waals surface area (Å²) in [4.78, 5) is 30.9. The van der Waals surface area contributed by atoms with Crippen molar-refractivity contribution in [3.05, 3.63) is 82.4 Å². The highest BCUT2D eigenvalue weighted by atomic mass is 32.1. The van der Waals surface area contributed by atoms with Crippen LogP contribution in [-0.2, 0) is 16.1 Å². The second-order valence-corrected chi connectivity index (χ2v) is 7.45. The van der Waals surface area contributed by atoms with Crippen LogP contribution in [-0.4, -0.2) is 28.3 Å². The first-order valence-corrected chi connectivity index (χ1v) is 9.76. The van der Waals surface area contributed by atoms with Gasteiger partial charge in [-0.25, -0.2) is 4.98 Å². The molecule has 0 saturated heterocycles. The molecule has 0 saturated carbocycles. The van der Waals surface area contributed by atoms with Crippen LogP contribution in [0.15, 0.2) is 60.1 Å². The number of hydrogen-bond acceptors (Lipinski definition) is 5. The largest absolute Gasteiger partial charge is 0.344 e. The van der Waals surface area contributed by atoms with Crippen LogP contribution in [0.4, 0.5) is 5.13 Å². The van der Waals surface area contributed by atoms with Crippen molar-refractivity contribution in [3.8, 4) is 0 Å². The van der Waals surface area contributed by atoms with Gasteiger partial charge in [-0.3, -0.25) is 14.9 Å². The number of nitrogens with zero attached hydrogens (tertiary/aromatic N) is 2. The Kier molecular flexibility index (Phi) is 5.18. The summed E-state index contributed by atoms with van der Waals surface area (Å²) in [5.74, 6) is -0.396. The molecule has 1 N–H and O–H groups in total. The fourth-order valence-corrected chi connectivity index (χ4v) is 3.77. The van der Waals surface area contributed by atoms with Crippen molar-refractivity contribution >= 4 is 28.3 Å². The van der Waals surface area contributed by atoms with Crippen LogP contribution in [0.25, 0.3) is 0 Å². The number of ether oxygens (including phenoxy) is 1. The number of nitrogens with one attached hydrogen (secondary N) is 1. The lowest BCUT2D eigenvalue weighted by molar-refractivity contribution is -0.126. The zero-order valence-electron chi connectivity index (χ0n) is 15.3. The number of carbonyl (C=O) groups is 2. The molecule has 6 nitrogen and oxygen atoms in total. The average Bonchev–Trinajstić information content (AvgIpc) is 3.28. The van der Waals surface area contributed by atoms with E-state index in [0.717, 1.165) is 16.7 Å². The maximum atomic E-state index is 13.0. The Hall–Kier alpha value is -3.03. The van der Waals surface area contributed by atoms with Gasteiger partial charge >= 0.3 is 0 Å². The Morgan fingerprint density at radius 1 is 1.25 bits per heavy atom. The lowest BCUT2D eigenvalue weighted by Gasteiger charge is -2.25. The van der Waals surface area contributed by atoms with Crippen LogP contribution in [0.1, 0.15) is 33.3 Å². The maximum absolute atomic E-state index is 13.0. The molecule has 28 heavy (non-hydrogen) atoms. The van der Waals surface area contributed by atoms with Crippen LogP contribution in [0, 0.1) is 6.92 Å². The molecule has 0 spiro atoms. The van der Waals surface area contributed by atoms with E-state index < -0.39 is 6.23 Å². The monoisotopic (exact) mass is 393 g/mol. The number of aromatic nitrogens is 1. The number of amides is 2. The minimum absolute atomic E-state index is 0.0933. The van der Waals surface area contributed by atoms with E-state index in [0.29, 0.717) is 17.2 Å². The molecule has 1 aliphatic heterocycles. The summed E-state index contributed by atoms with van der Waals surface area (Å²) < 4.78 is 5.92. The van der Waals surface area contributed by atoms with E-state index in [-0.39, 0.29) is 18.4 Å². The minimum atomic E-state index is -0.607. The number of fused-ring (bicyclic) bond motifs is 1. The number of thiazole rings is 1. The SMILES string of the molecule is Cc1ccc2c(c1)C(OCC(=O)Nc1nccs1)N(Cc1ccccc1)C2=O. The van der Waals surface area contributed by atoms with E-state index in [1.165, 1.54) is 11.3 Å². The second kappa shape index (κ2) is 7.92. The predicted molar refractivity (Wildman–Crippen MR) is 107 cm³/mol. The topological polar surface area (TPSA) is 71.5 Å². The van der Waals surface area contributed by atoms with Gasteiger partial charge in [0.25, 0.3) is 11.8 Å². The Morgan fingerprint density at radius 3 is 2.82 bits per heavy atom. The zero-order chi connectivity index (χ0) is 19.5. The normalized spacial score (nSPS) is 15.5. The summed E-state index contributed by atoms with van der Waals surface area (Å²) in [6.07, 6.45) is 1.02. The van der Waals surface area contributed by atoms with Gasteiger partial charge in [0, 0.05) is 29.2 Å². The fraction of sp³-hybridized carbons (Fsp3) is 0.190. The average molecular weight is 393 g/mol. The van der Waals surface area contributed by atoms with Gasteiger partial charge in [0.15, 0.2) is 11.4 Å². The molecule has 0 bridgehead atoms. The van der Waals surface area contributed by atoms with E-state index in [9.17, 15) is 9.59 Å². The first-order valence-electron chi connectivity index (χ1n) is 8.88. The van der Waals surface area contributed by atoms with Gasteiger partial charge in [-0.1, -0.05) is 48.0 Å². The summed E-state index contributed by atoms with van der Waals surface area (Å²) in [6.45, 7) is 2.21. The second-order valence-electron chi connectivity index (χ2n) is 6.56. The smallest absolute Gasteiger partial charge is 0.256 e. The molecule has 1 unspecified atom stereocenters. The molecule has 1 aliphatic rings. The third-order valence-corrected chi connectivity index (χ3v) is 5.18. The van der Waals surface area contributed by atoms with Gasteiger partial charge in [-0.05, 0) is 18.6 Å². The van der Waals surface area contributed by atoms with E-state index in [1.807, 2.05) is 55.5 Å². The van der Waals surface area contributed by atoms with E-state index in [4.69, 9.17) is 4.74 Å². The van der Waals surface area contributed by atoms with Crippen molar-refractivity contribution < 1.29 is 14.3 Å². The lowest BCUT2D eigenvalue weighted by Crippen LogP contribution is -2.31. The third kappa shape index (κ3) is 3.81. The molecule has 142 valence electrons. The zero-order valence-corrected chi connectivity index (χ0v) is 16.1. The molecule has 1 aromatic heterocycles. The molecule has 0 aliphatic carbocycles. The molecular formula is C21H19N3O3S. The minimum Gasteiger partial charge on any atom is -0.344 e. The van der Waals surface area contributed by atoms with Crippen molar-refractivity contribution in [1.82, 2.24) is 9.88 Å². The van der Waals surface area contributed by atoms with Crippen molar-refractivity contribution in [2.24, 2.45) is 0 Å². The Labute approximate surface area is 166 Å². The third-order valence-electron chi connectivity index (χ3n) is 4.49. The van der Waals surface area contributed by atoms with E-state index in [2.05, 4.69) is 10.3 Å². The van der Waals surface area contributed by atoms with Gasteiger partial charge in [0.1, 0.15) is 6.61 Å². The Bertz CT molecular complexity index is 989. The number of anilines is 1. The molecule has 2 amide bonds. The van der Waals surface area contributed by atoms with E-state index in [1.54, 1.807) is 16.5 Å². The Balaban J connectivity index is 1.54. The maximum Gasteiger partial charge on any atom is 0.256 e. The van der Waals surface area contributed by atoms with E-state index >= 15 is 0 Å². The first kappa shape index (κ1) is 18.3. The van der Waals surface area contributed by atoms with Crippen molar-refractivity contribution in [2.75, 3.05) is 11.9 Å². The summed E-state index contributed by atoms with van der Waals surface area (Å²) in [7, 11) is 0. The molecule has 2 heterocycles. The summed E-state index contributed by atoms with van der Waals surface area (Å²) in [6, 6.07) is 15.4. The van der Waals surface area contributed by atoms with Crippen molar-refractivity contribution in [1.29, 1.82) is 0 Å². The van der Waals surface area contributed by atoms with Crippen LogP contribution >= 0.6 is 11.3 Å². The van der Waals surface area contributed by atoms with Crippen molar-refractivity contribution in [3.63, 3.8) is 0 Å². The first-order chi connectivity index (χ1) is 13.6. The highest BCUT2D eigenvalue weighted by Gasteiger charge is 2.37.